The Labute approximate surface area is 125 Å². The maximum absolute atomic E-state index is 6.33. The predicted molar refractivity (Wildman–Crippen MR) is 86.3 cm³/mol. The van der Waals surface area contributed by atoms with Crippen LogP contribution < -0.4 is 10.6 Å². The van der Waals surface area contributed by atoms with Gasteiger partial charge in [-0.05, 0) is 31.2 Å². The Bertz CT molecular complexity index is 456. The zero-order chi connectivity index (χ0) is 13.8. The summed E-state index contributed by atoms with van der Waals surface area (Å²) < 4.78 is 0. The standard InChI is InChI=1S/C14H20ClN3S/c1-2-5-17-6-8-18(9-7-17)13-4-3-11(14(16)19)10-12(13)15/h3-4,10H,2,5-9H2,1H3,(H2,16,19). The Morgan fingerprint density at radius 1 is 1.32 bits per heavy atom. The van der Waals surface area contributed by atoms with E-state index in [2.05, 4.69) is 16.7 Å². The second-order valence-electron chi connectivity index (χ2n) is 4.86. The van der Waals surface area contributed by atoms with Crippen LogP contribution in [0.3, 0.4) is 0 Å². The number of hydrogen-bond acceptors (Lipinski definition) is 3. The molecule has 5 heteroatoms. The third kappa shape index (κ3) is 3.59. The smallest absolute Gasteiger partial charge is 0.104 e. The van der Waals surface area contributed by atoms with E-state index in [1.54, 1.807) is 0 Å². The van der Waals surface area contributed by atoms with Gasteiger partial charge in [0.25, 0.3) is 0 Å². The van der Waals surface area contributed by atoms with Gasteiger partial charge in [0.15, 0.2) is 0 Å². The van der Waals surface area contributed by atoms with E-state index in [9.17, 15) is 0 Å². The molecule has 1 aliphatic heterocycles. The molecule has 0 atom stereocenters. The predicted octanol–water partition coefficient (Wildman–Crippen LogP) is 2.51. The molecule has 2 rings (SSSR count). The van der Waals surface area contributed by atoms with E-state index in [-0.39, 0.29) is 0 Å². The number of anilines is 1. The van der Waals surface area contributed by atoms with Crippen molar-refractivity contribution in [1.82, 2.24) is 4.90 Å². The van der Waals surface area contributed by atoms with Crippen LogP contribution in [0.1, 0.15) is 18.9 Å². The Balaban J connectivity index is 2.05. The average Bonchev–Trinajstić information content (AvgIpc) is 2.40. The summed E-state index contributed by atoms with van der Waals surface area (Å²) in [6, 6.07) is 5.83. The van der Waals surface area contributed by atoms with Crippen molar-refractivity contribution in [2.75, 3.05) is 37.6 Å². The summed E-state index contributed by atoms with van der Waals surface area (Å²) in [5.41, 5.74) is 7.52. The maximum Gasteiger partial charge on any atom is 0.104 e. The molecule has 1 aliphatic rings. The number of piperazine rings is 1. The number of nitrogens with two attached hydrogens (primary N) is 1. The molecule has 0 aliphatic carbocycles. The molecule has 1 fully saturated rings. The van der Waals surface area contributed by atoms with Crippen LogP contribution in [0.15, 0.2) is 18.2 Å². The van der Waals surface area contributed by atoms with Crippen LogP contribution in [0.25, 0.3) is 0 Å². The molecule has 1 heterocycles. The first-order chi connectivity index (χ1) is 9.11. The molecule has 0 bridgehead atoms. The van der Waals surface area contributed by atoms with Crippen molar-refractivity contribution in [3.63, 3.8) is 0 Å². The van der Waals surface area contributed by atoms with Gasteiger partial charge in [-0.25, -0.2) is 0 Å². The molecular formula is C14H20ClN3S. The van der Waals surface area contributed by atoms with Crippen LogP contribution in [0.2, 0.25) is 5.02 Å². The average molecular weight is 298 g/mol. The van der Waals surface area contributed by atoms with Gasteiger partial charge in [-0.2, -0.15) is 0 Å². The highest BCUT2D eigenvalue weighted by Gasteiger charge is 2.18. The lowest BCUT2D eigenvalue weighted by molar-refractivity contribution is 0.258. The minimum absolute atomic E-state index is 0.390. The lowest BCUT2D eigenvalue weighted by Gasteiger charge is -2.36. The number of halogens is 1. The quantitative estimate of drug-likeness (QED) is 0.866. The summed E-state index contributed by atoms with van der Waals surface area (Å²) in [6.45, 7) is 7.64. The van der Waals surface area contributed by atoms with Crippen molar-refractivity contribution in [1.29, 1.82) is 0 Å². The van der Waals surface area contributed by atoms with Crippen molar-refractivity contribution < 1.29 is 0 Å². The number of thiocarbonyl (C=S) groups is 1. The molecular weight excluding hydrogens is 278 g/mol. The van der Waals surface area contributed by atoms with Crippen LogP contribution >= 0.6 is 23.8 Å². The van der Waals surface area contributed by atoms with Crippen molar-refractivity contribution >= 4 is 34.5 Å². The van der Waals surface area contributed by atoms with E-state index in [0.29, 0.717) is 4.99 Å². The fourth-order valence-electron chi connectivity index (χ4n) is 2.45. The Kier molecular flexibility index (Phi) is 5.02. The molecule has 104 valence electrons. The van der Waals surface area contributed by atoms with E-state index < -0.39 is 0 Å². The van der Waals surface area contributed by atoms with Crippen LogP contribution in [-0.2, 0) is 0 Å². The molecule has 1 aromatic carbocycles. The van der Waals surface area contributed by atoms with Crippen molar-refractivity contribution in [3.8, 4) is 0 Å². The van der Waals surface area contributed by atoms with E-state index >= 15 is 0 Å². The summed E-state index contributed by atoms with van der Waals surface area (Å²) in [7, 11) is 0. The molecule has 19 heavy (non-hydrogen) atoms. The van der Waals surface area contributed by atoms with Crippen molar-refractivity contribution in [3.05, 3.63) is 28.8 Å². The zero-order valence-corrected chi connectivity index (χ0v) is 12.8. The summed E-state index contributed by atoms with van der Waals surface area (Å²) in [6.07, 6.45) is 1.21. The van der Waals surface area contributed by atoms with E-state index in [0.717, 1.165) is 42.5 Å². The number of hydrogen-bond donors (Lipinski definition) is 1. The third-order valence-corrected chi connectivity index (χ3v) is 4.02. The maximum atomic E-state index is 6.33. The van der Waals surface area contributed by atoms with Gasteiger partial charge in [0.2, 0.25) is 0 Å². The van der Waals surface area contributed by atoms with Gasteiger partial charge in [-0.15, -0.1) is 0 Å². The highest BCUT2D eigenvalue weighted by atomic mass is 35.5. The molecule has 0 spiro atoms. The fourth-order valence-corrected chi connectivity index (χ4v) is 2.87. The van der Waals surface area contributed by atoms with Gasteiger partial charge in [-0.3, -0.25) is 4.90 Å². The topological polar surface area (TPSA) is 32.5 Å². The SMILES string of the molecule is CCCN1CCN(c2ccc(C(N)=S)cc2Cl)CC1. The Morgan fingerprint density at radius 3 is 2.53 bits per heavy atom. The molecule has 0 unspecified atom stereocenters. The largest absolute Gasteiger partial charge is 0.389 e. The van der Waals surface area contributed by atoms with Gasteiger partial charge in [-0.1, -0.05) is 30.7 Å². The van der Waals surface area contributed by atoms with Crippen LogP contribution in [0, 0.1) is 0 Å². The van der Waals surface area contributed by atoms with E-state index in [4.69, 9.17) is 29.6 Å². The van der Waals surface area contributed by atoms with Gasteiger partial charge < -0.3 is 10.6 Å². The molecule has 0 saturated carbocycles. The molecule has 0 radical (unpaired) electrons. The molecule has 0 aromatic heterocycles. The minimum atomic E-state index is 0.390. The first kappa shape index (κ1) is 14.6. The molecule has 1 aromatic rings. The summed E-state index contributed by atoms with van der Waals surface area (Å²) in [5, 5.41) is 0.731. The summed E-state index contributed by atoms with van der Waals surface area (Å²) in [4.78, 5) is 5.22. The first-order valence-electron chi connectivity index (χ1n) is 6.68. The second-order valence-corrected chi connectivity index (χ2v) is 5.71. The van der Waals surface area contributed by atoms with Gasteiger partial charge in [0.1, 0.15) is 4.99 Å². The Morgan fingerprint density at radius 2 is 2.00 bits per heavy atom. The van der Waals surface area contributed by atoms with Crippen LogP contribution in [0.4, 0.5) is 5.69 Å². The van der Waals surface area contributed by atoms with Crippen molar-refractivity contribution in [2.24, 2.45) is 5.73 Å². The van der Waals surface area contributed by atoms with Gasteiger partial charge in [0.05, 0.1) is 10.7 Å². The second kappa shape index (κ2) is 6.55. The van der Waals surface area contributed by atoms with Crippen molar-refractivity contribution in [2.45, 2.75) is 13.3 Å². The third-order valence-electron chi connectivity index (χ3n) is 3.49. The summed E-state index contributed by atoms with van der Waals surface area (Å²) >= 11 is 11.3. The minimum Gasteiger partial charge on any atom is -0.389 e. The highest BCUT2D eigenvalue weighted by Crippen LogP contribution is 2.27. The molecule has 3 nitrogen and oxygen atoms in total. The fraction of sp³-hybridized carbons (Fsp3) is 0.500. The molecule has 2 N–H and O–H groups in total. The number of benzene rings is 1. The summed E-state index contributed by atoms with van der Waals surface area (Å²) in [5.74, 6) is 0. The Hall–Kier alpha value is -0.840. The van der Waals surface area contributed by atoms with Crippen LogP contribution in [-0.4, -0.2) is 42.6 Å². The first-order valence-corrected chi connectivity index (χ1v) is 7.47. The highest BCUT2D eigenvalue weighted by molar-refractivity contribution is 7.80. The monoisotopic (exact) mass is 297 g/mol. The lowest BCUT2D eigenvalue weighted by atomic mass is 10.1. The van der Waals surface area contributed by atoms with Gasteiger partial charge >= 0.3 is 0 Å². The zero-order valence-electron chi connectivity index (χ0n) is 11.2. The molecule has 1 saturated heterocycles. The number of rotatable bonds is 4. The molecule has 0 amide bonds. The van der Waals surface area contributed by atoms with E-state index in [1.807, 2.05) is 18.2 Å². The van der Waals surface area contributed by atoms with E-state index in [1.165, 1.54) is 13.0 Å². The lowest BCUT2D eigenvalue weighted by Crippen LogP contribution is -2.46. The van der Waals surface area contributed by atoms with Crippen LogP contribution in [0.5, 0.6) is 0 Å². The normalized spacial score (nSPS) is 16.6. The van der Waals surface area contributed by atoms with Gasteiger partial charge in [0, 0.05) is 31.7 Å². The number of nitrogens with zero attached hydrogens (tertiary/aromatic N) is 2.